The van der Waals surface area contributed by atoms with Gasteiger partial charge in [0.2, 0.25) is 20.8 Å². The van der Waals surface area contributed by atoms with Crippen LogP contribution in [0.3, 0.4) is 0 Å². The van der Waals surface area contributed by atoms with E-state index in [1.807, 2.05) is 0 Å². The van der Waals surface area contributed by atoms with E-state index in [4.69, 9.17) is 19.9 Å². The normalized spacial score (nSPS) is 11.4. The Hall–Kier alpha value is -1.60. The minimum atomic E-state index is -3.71. The molecule has 0 saturated heterocycles. The van der Waals surface area contributed by atoms with Gasteiger partial charge >= 0.3 is 0 Å². The van der Waals surface area contributed by atoms with E-state index < -0.39 is 14.8 Å². The van der Waals surface area contributed by atoms with Crippen molar-refractivity contribution in [1.29, 1.82) is 0 Å². The van der Waals surface area contributed by atoms with Crippen molar-refractivity contribution >= 4 is 19.7 Å². The van der Waals surface area contributed by atoms with Gasteiger partial charge in [-0.15, -0.1) is 0 Å². The molecule has 1 heterocycles. The Kier molecular flexibility index (Phi) is 3.53. The minimum absolute atomic E-state index is 0.0529. The standard InChI is InChI=1S/C10H9ClN2O4S/c1-16-8-4-2-3-7(5-8)10-12-9(17-13-10)6-18(11,14)15/h2-5H,6H2,1H3. The maximum Gasteiger partial charge on any atom is 0.243 e. The van der Waals surface area contributed by atoms with Crippen LogP contribution in [0.1, 0.15) is 5.89 Å². The molecule has 1 aromatic carbocycles. The predicted molar refractivity (Wildman–Crippen MR) is 64.8 cm³/mol. The number of nitrogens with zero attached hydrogens (tertiary/aromatic N) is 2. The van der Waals surface area contributed by atoms with Crippen molar-refractivity contribution < 1.29 is 17.7 Å². The number of aromatic nitrogens is 2. The SMILES string of the molecule is COc1cccc(-c2noc(CS(=O)(=O)Cl)n2)c1. The van der Waals surface area contributed by atoms with Crippen molar-refractivity contribution in [3.8, 4) is 17.1 Å². The van der Waals surface area contributed by atoms with E-state index in [9.17, 15) is 8.42 Å². The first-order valence-corrected chi connectivity index (χ1v) is 7.35. The number of rotatable bonds is 4. The Bertz CT molecular complexity index is 653. The largest absolute Gasteiger partial charge is 0.497 e. The molecular weight excluding hydrogens is 280 g/mol. The van der Waals surface area contributed by atoms with Crippen molar-refractivity contribution in [2.24, 2.45) is 0 Å². The van der Waals surface area contributed by atoms with Crippen LogP contribution >= 0.6 is 10.7 Å². The Labute approximate surface area is 108 Å². The molecule has 0 aliphatic carbocycles. The van der Waals surface area contributed by atoms with Gasteiger partial charge in [-0.3, -0.25) is 0 Å². The average molecular weight is 289 g/mol. The van der Waals surface area contributed by atoms with Crippen molar-refractivity contribution in [2.75, 3.05) is 7.11 Å². The summed E-state index contributed by atoms with van der Waals surface area (Å²) < 4.78 is 31.6. The molecule has 0 N–H and O–H groups in total. The molecule has 0 aliphatic heterocycles. The quantitative estimate of drug-likeness (QED) is 0.798. The van der Waals surface area contributed by atoms with Gasteiger partial charge in [-0.1, -0.05) is 17.3 Å². The average Bonchev–Trinajstić information content (AvgIpc) is 2.75. The molecule has 6 nitrogen and oxygen atoms in total. The fourth-order valence-electron chi connectivity index (χ4n) is 1.34. The molecule has 0 unspecified atom stereocenters. The Morgan fingerprint density at radius 2 is 2.22 bits per heavy atom. The van der Waals surface area contributed by atoms with Gasteiger partial charge in [0.25, 0.3) is 0 Å². The van der Waals surface area contributed by atoms with Crippen LogP contribution in [-0.4, -0.2) is 25.7 Å². The molecule has 18 heavy (non-hydrogen) atoms. The number of benzene rings is 1. The van der Waals surface area contributed by atoms with Crippen LogP contribution in [0, 0.1) is 0 Å². The summed E-state index contributed by atoms with van der Waals surface area (Å²) in [6.07, 6.45) is 0. The number of hydrogen-bond donors (Lipinski definition) is 0. The zero-order chi connectivity index (χ0) is 13.2. The number of methoxy groups -OCH3 is 1. The zero-order valence-electron chi connectivity index (χ0n) is 9.33. The highest BCUT2D eigenvalue weighted by Crippen LogP contribution is 2.21. The highest BCUT2D eigenvalue weighted by molar-refractivity contribution is 8.13. The van der Waals surface area contributed by atoms with Crippen LogP contribution in [0.2, 0.25) is 0 Å². The number of halogens is 1. The lowest BCUT2D eigenvalue weighted by Gasteiger charge is -1.99. The van der Waals surface area contributed by atoms with Crippen LogP contribution in [-0.2, 0) is 14.8 Å². The van der Waals surface area contributed by atoms with Gasteiger partial charge in [0.15, 0.2) is 0 Å². The van der Waals surface area contributed by atoms with E-state index >= 15 is 0 Å². The van der Waals surface area contributed by atoms with Crippen molar-refractivity contribution in [3.05, 3.63) is 30.2 Å². The Morgan fingerprint density at radius 3 is 2.89 bits per heavy atom. The third kappa shape index (κ3) is 3.21. The maximum absolute atomic E-state index is 10.9. The smallest absolute Gasteiger partial charge is 0.243 e. The summed E-state index contributed by atoms with van der Waals surface area (Å²) >= 11 is 0. The van der Waals surface area contributed by atoms with E-state index in [0.29, 0.717) is 11.3 Å². The lowest BCUT2D eigenvalue weighted by atomic mass is 10.2. The van der Waals surface area contributed by atoms with Gasteiger partial charge in [-0.25, -0.2) is 8.42 Å². The zero-order valence-corrected chi connectivity index (χ0v) is 10.9. The fourth-order valence-corrected chi connectivity index (χ4v) is 2.03. The van der Waals surface area contributed by atoms with E-state index in [1.165, 1.54) is 0 Å². The topological polar surface area (TPSA) is 82.3 Å². The summed E-state index contributed by atoms with van der Waals surface area (Å²) in [5.41, 5.74) is 0.663. The van der Waals surface area contributed by atoms with Crippen molar-refractivity contribution in [3.63, 3.8) is 0 Å². The lowest BCUT2D eigenvalue weighted by molar-refractivity contribution is 0.389. The van der Waals surface area contributed by atoms with E-state index in [1.54, 1.807) is 31.4 Å². The molecular formula is C10H9ClN2O4S. The van der Waals surface area contributed by atoms with Crippen LogP contribution < -0.4 is 4.74 Å². The Morgan fingerprint density at radius 1 is 1.44 bits per heavy atom. The summed E-state index contributed by atoms with van der Waals surface area (Å²) in [4.78, 5) is 3.94. The molecule has 96 valence electrons. The monoisotopic (exact) mass is 288 g/mol. The Balaban J connectivity index is 2.29. The molecule has 0 fully saturated rings. The molecule has 8 heteroatoms. The van der Waals surface area contributed by atoms with Crippen LogP contribution in [0.4, 0.5) is 0 Å². The first-order valence-electron chi connectivity index (χ1n) is 4.87. The second-order valence-electron chi connectivity index (χ2n) is 3.43. The molecule has 2 rings (SSSR count). The molecule has 0 saturated carbocycles. The fraction of sp³-hybridized carbons (Fsp3) is 0.200. The number of hydrogen-bond acceptors (Lipinski definition) is 6. The van der Waals surface area contributed by atoms with Gasteiger partial charge in [-0.2, -0.15) is 4.98 Å². The molecule has 0 amide bonds. The second kappa shape index (κ2) is 4.95. The molecule has 1 aromatic heterocycles. The first-order chi connectivity index (χ1) is 8.48. The second-order valence-corrected chi connectivity index (χ2v) is 6.20. The molecule has 2 aromatic rings. The van der Waals surface area contributed by atoms with Gasteiger partial charge < -0.3 is 9.26 Å². The van der Waals surface area contributed by atoms with Gasteiger partial charge in [0.1, 0.15) is 11.5 Å². The lowest BCUT2D eigenvalue weighted by Crippen LogP contribution is -1.95. The predicted octanol–water partition coefficient (Wildman–Crippen LogP) is 1.81. The molecule has 0 aliphatic rings. The van der Waals surface area contributed by atoms with Gasteiger partial charge in [-0.05, 0) is 12.1 Å². The summed E-state index contributed by atoms with van der Waals surface area (Å²) in [6, 6.07) is 7.01. The highest BCUT2D eigenvalue weighted by atomic mass is 35.7. The highest BCUT2D eigenvalue weighted by Gasteiger charge is 2.15. The van der Waals surface area contributed by atoms with Crippen molar-refractivity contribution in [1.82, 2.24) is 10.1 Å². The molecule has 0 spiro atoms. The van der Waals surface area contributed by atoms with Gasteiger partial charge in [0.05, 0.1) is 7.11 Å². The molecule has 0 radical (unpaired) electrons. The van der Waals surface area contributed by atoms with Crippen LogP contribution in [0.15, 0.2) is 28.8 Å². The summed E-state index contributed by atoms with van der Waals surface area (Å²) in [6.45, 7) is 0. The first kappa shape index (κ1) is 12.8. The van der Waals surface area contributed by atoms with E-state index in [-0.39, 0.29) is 11.7 Å². The number of ether oxygens (including phenoxy) is 1. The van der Waals surface area contributed by atoms with Crippen LogP contribution in [0.25, 0.3) is 11.4 Å². The summed E-state index contributed by atoms with van der Waals surface area (Å²) in [5.74, 6) is 0.377. The maximum atomic E-state index is 10.9. The molecule has 0 atom stereocenters. The molecule has 0 bridgehead atoms. The van der Waals surface area contributed by atoms with Crippen LogP contribution in [0.5, 0.6) is 5.75 Å². The van der Waals surface area contributed by atoms with Crippen molar-refractivity contribution in [2.45, 2.75) is 5.75 Å². The third-order valence-electron chi connectivity index (χ3n) is 2.09. The summed E-state index contributed by atoms with van der Waals surface area (Å²) in [5, 5.41) is 3.68. The third-order valence-corrected chi connectivity index (χ3v) is 3.01. The summed E-state index contributed by atoms with van der Waals surface area (Å²) in [7, 11) is 2.93. The minimum Gasteiger partial charge on any atom is -0.497 e. The van der Waals surface area contributed by atoms with E-state index in [0.717, 1.165) is 0 Å². The van der Waals surface area contributed by atoms with Gasteiger partial charge in [0, 0.05) is 16.2 Å². The van der Waals surface area contributed by atoms with E-state index in [2.05, 4.69) is 10.1 Å².